The topological polar surface area (TPSA) is 17.1 Å². The maximum Gasteiger partial charge on any atom is 0.133 e. The van der Waals surface area contributed by atoms with Crippen LogP contribution in [0.25, 0.3) is 0 Å². The van der Waals surface area contributed by atoms with Crippen LogP contribution >= 0.6 is 0 Å². The van der Waals surface area contributed by atoms with Crippen molar-refractivity contribution in [3.8, 4) is 0 Å². The number of ketones is 1. The summed E-state index contributed by atoms with van der Waals surface area (Å²) in [6.07, 6.45) is 11.4. The largest absolute Gasteiger partial charge is 0.300 e. The molecule has 4 saturated carbocycles. The Bertz CT molecular complexity index is 492. The van der Waals surface area contributed by atoms with Crippen LogP contribution in [0.15, 0.2) is 0 Å². The molecule has 0 spiro atoms. The molecule has 4 aliphatic rings. The van der Waals surface area contributed by atoms with Crippen molar-refractivity contribution in [2.24, 2.45) is 39.9 Å². The molecular formula is C21H34O. The second kappa shape index (κ2) is 4.61. The number of hydrogen-bond donors (Lipinski definition) is 0. The number of carbonyl (C=O) groups excluding carboxylic acids is 1. The lowest BCUT2D eigenvalue weighted by molar-refractivity contribution is -0.142. The Labute approximate surface area is 136 Å². The van der Waals surface area contributed by atoms with Gasteiger partial charge in [0.05, 0.1) is 0 Å². The van der Waals surface area contributed by atoms with Gasteiger partial charge in [0, 0.05) is 12.8 Å². The number of carbonyl (C=O) groups is 1. The number of rotatable bonds is 0. The number of fused-ring (bicyclic) bond motifs is 5. The Hall–Kier alpha value is -0.330. The van der Waals surface area contributed by atoms with E-state index in [4.69, 9.17) is 0 Å². The predicted octanol–water partition coefficient (Wildman–Crippen LogP) is 5.62. The first-order chi connectivity index (χ1) is 10.3. The van der Waals surface area contributed by atoms with Crippen molar-refractivity contribution in [1.29, 1.82) is 0 Å². The summed E-state index contributed by atoms with van der Waals surface area (Å²) in [6, 6.07) is 0. The van der Waals surface area contributed by atoms with E-state index in [1.54, 1.807) is 0 Å². The fraction of sp³-hybridized carbons (Fsp3) is 0.952. The molecule has 4 fully saturated rings. The molecule has 0 aromatic heterocycles. The van der Waals surface area contributed by atoms with Crippen LogP contribution in [-0.4, -0.2) is 5.78 Å². The van der Waals surface area contributed by atoms with Crippen LogP contribution in [0.1, 0.15) is 85.5 Å². The molecule has 0 radical (unpaired) electrons. The smallest absolute Gasteiger partial charge is 0.133 e. The summed E-state index contributed by atoms with van der Waals surface area (Å²) in [5.41, 5.74) is 1.58. The van der Waals surface area contributed by atoms with Gasteiger partial charge in [-0.25, -0.2) is 0 Å². The van der Waals surface area contributed by atoms with E-state index in [9.17, 15) is 4.79 Å². The van der Waals surface area contributed by atoms with E-state index in [1.807, 2.05) is 0 Å². The van der Waals surface area contributed by atoms with Gasteiger partial charge in [-0.05, 0) is 84.9 Å². The zero-order valence-corrected chi connectivity index (χ0v) is 15.1. The first-order valence-electron chi connectivity index (χ1n) is 9.80. The Morgan fingerprint density at radius 2 is 1.59 bits per heavy atom. The minimum absolute atomic E-state index is 0.477. The highest BCUT2D eigenvalue weighted by Gasteiger charge is 2.62. The summed E-state index contributed by atoms with van der Waals surface area (Å²) < 4.78 is 0. The number of hydrogen-bond acceptors (Lipinski definition) is 1. The van der Waals surface area contributed by atoms with Crippen molar-refractivity contribution >= 4 is 5.78 Å². The quantitative estimate of drug-likeness (QED) is 0.567. The molecule has 0 aliphatic heterocycles. The van der Waals surface area contributed by atoms with Gasteiger partial charge in [-0.2, -0.15) is 0 Å². The van der Waals surface area contributed by atoms with Gasteiger partial charge >= 0.3 is 0 Å². The molecular weight excluding hydrogens is 268 g/mol. The maximum absolute atomic E-state index is 11.9. The molecule has 0 saturated heterocycles. The van der Waals surface area contributed by atoms with Crippen molar-refractivity contribution in [2.75, 3.05) is 0 Å². The highest BCUT2D eigenvalue weighted by Crippen LogP contribution is 2.70. The molecule has 6 unspecified atom stereocenters. The Morgan fingerprint density at radius 3 is 2.36 bits per heavy atom. The second-order valence-electron chi connectivity index (χ2n) is 10.3. The van der Waals surface area contributed by atoms with E-state index in [0.29, 0.717) is 27.9 Å². The molecule has 6 atom stereocenters. The molecule has 0 aromatic rings. The fourth-order valence-corrected chi connectivity index (χ4v) is 7.54. The lowest BCUT2D eigenvalue weighted by Crippen LogP contribution is -2.54. The van der Waals surface area contributed by atoms with Crippen molar-refractivity contribution < 1.29 is 4.79 Å². The molecule has 1 heteroatoms. The van der Waals surface area contributed by atoms with E-state index in [0.717, 1.165) is 30.6 Å². The van der Waals surface area contributed by atoms with Crippen LogP contribution in [0.2, 0.25) is 0 Å². The van der Waals surface area contributed by atoms with E-state index in [-0.39, 0.29) is 0 Å². The summed E-state index contributed by atoms with van der Waals surface area (Å²) in [5, 5.41) is 0. The summed E-state index contributed by atoms with van der Waals surface area (Å²) in [5.74, 6) is 4.07. The fourth-order valence-electron chi connectivity index (χ4n) is 7.54. The zero-order chi connectivity index (χ0) is 15.8. The SMILES string of the molecule is CC12CCC(=O)CC1CCC1C2CCC2(C)C1CCC2(C)C. The van der Waals surface area contributed by atoms with E-state index < -0.39 is 0 Å². The first-order valence-corrected chi connectivity index (χ1v) is 9.80. The molecule has 4 aliphatic carbocycles. The predicted molar refractivity (Wildman–Crippen MR) is 90.5 cm³/mol. The second-order valence-corrected chi connectivity index (χ2v) is 10.3. The number of Topliss-reactive ketones (excluding diaryl/α,β-unsaturated/α-hetero) is 1. The van der Waals surface area contributed by atoms with E-state index >= 15 is 0 Å². The lowest BCUT2D eigenvalue weighted by Gasteiger charge is -2.61. The highest BCUT2D eigenvalue weighted by molar-refractivity contribution is 5.79. The van der Waals surface area contributed by atoms with Gasteiger partial charge in [0.25, 0.3) is 0 Å². The molecule has 0 bridgehead atoms. The molecule has 1 nitrogen and oxygen atoms in total. The van der Waals surface area contributed by atoms with Crippen LogP contribution in [0.4, 0.5) is 0 Å². The molecule has 22 heavy (non-hydrogen) atoms. The summed E-state index contributed by atoms with van der Waals surface area (Å²) in [4.78, 5) is 11.9. The van der Waals surface area contributed by atoms with Gasteiger partial charge < -0.3 is 0 Å². The van der Waals surface area contributed by atoms with Gasteiger partial charge in [0.15, 0.2) is 0 Å². The average Bonchev–Trinajstić information content (AvgIpc) is 2.70. The summed E-state index contributed by atoms with van der Waals surface area (Å²) >= 11 is 0. The van der Waals surface area contributed by atoms with Crippen molar-refractivity contribution in [3.05, 3.63) is 0 Å². The standard InChI is InChI=1S/C21H34O/c1-19(2)10-8-18-16-6-5-14-13-15(22)7-11-20(14,3)17(16)9-12-21(18,19)4/h14,16-18H,5-13H2,1-4H3. The third kappa shape index (κ3) is 1.80. The zero-order valence-electron chi connectivity index (χ0n) is 15.1. The van der Waals surface area contributed by atoms with Crippen molar-refractivity contribution in [2.45, 2.75) is 85.5 Å². The minimum Gasteiger partial charge on any atom is -0.300 e. The third-order valence-electron chi connectivity index (χ3n) is 9.50. The molecule has 4 rings (SSSR count). The van der Waals surface area contributed by atoms with E-state index in [1.165, 1.54) is 44.9 Å². The lowest BCUT2D eigenvalue weighted by atomic mass is 9.44. The Kier molecular flexibility index (Phi) is 3.18. The van der Waals surface area contributed by atoms with Crippen molar-refractivity contribution in [1.82, 2.24) is 0 Å². The first kappa shape index (κ1) is 15.2. The maximum atomic E-state index is 11.9. The summed E-state index contributed by atoms with van der Waals surface area (Å²) in [6.45, 7) is 10.2. The summed E-state index contributed by atoms with van der Waals surface area (Å²) in [7, 11) is 0. The van der Waals surface area contributed by atoms with Gasteiger partial charge in [-0.3, -0.25) is 4.79 Å². The van der Waals surface area contributed by atoms with Crippen LogP contribution in [0.5, 0.6) is 0 Å². The third-order valence-corrected chi connectivity index (χ3v) is 9.50. The molecule has 0 N–H and O–H groups in total. The van der Waals surface area contributed by atoms with Crippen molar-refractivity contribution in [3.63, 3.8) is 0 Å². The van der Waals surface area contributed by atoms with Gasteiger partial charge in [-0.15, -0.1) is 0 Å². The highest BCUT2D eigenvalue weighted by atomic mass is 16.1. The van der Waals surface area contributed by atoms with Crippen LogP contribution in [0.3, 0.4) is 0 Å². The van der Waals surface area contributed by atoms with E-state index in [2.05, 4.69) is 27.7 Å². The Balaban J connectivity index is 1.65. The molecule has 0 aromatic carbocycles. The van der Waals surface area contributed by atoms with Crippen LogP contribution in [-0.2, 0) is 4.79 Å². The molecule has 0 amide bonds. The molecule has 0 heterocycles. The van der Waals surface area contributed by atoms with Crippen LogP contribution in [0, 0.1) is 39.9 Å². The van der Waals surface area contributed by atoms with Gasteiger partial charge in [0.2, 0.25) is 0 Å². The van der Waals surface area contributed by atoms with Gasteiger partial charge in [-0.1, -0.05) is 27.7 Å². The molecule has 124 valence electrons. The van der Waals surface area contributed by atoms with Crippen LogP contribution < -0.4 is 0 Å². The van der Waals surface area contributed by atoms with Gasteiger partial charge in [0.1, 0.15) is 5.78 Å². The normalized spacial score (nSPS) is 53.5. The average molecular weight is 303 g/mol. The Morgan fingerprint density at radius 1 is 0.864 bits per heavy atom. The monoisotopic (exact) mass is 302 g/mol. The minimum atomic E-state index is 0.477.